The maximum Gasteiger partial charge on any atom is 0.254 e. The highest BCUT2D eigenvalue weighted by Crippen LogP contribution is 2.29. The number of amides is 1. The molecule has 1 saturated heterocycles. The molecule has 0 saturated carbocycles. The highest BCUT2D eigenvalue weighted by Gasteiger charge is 2.23. The van der Waals surface area contributed by atoms with Crippen molar-refractivity contribution in [2.45, 2.75) is 0 Å². The molecule has 0 aromatic heterocycles. The van der Waals surface area contributed by atoms with Gasteiger partial charge in [0.15, 0.2) is 0 Å². The molecule has 3 nitrogen and oxygen atoms in total. The van der Waals surface area contributed by atoms with Crippen molar-refractivity contribution in [3.8, 4) is 0 Å². The molecule has 2 aromatic carbocycles. The molecule has 1 fully saturated rings. The van der Waals surface area contributed by atoms with Gasteiger partial charge in [0.25, 0.3) is 5.91 Å². The van der Waals surface area contributed by atoms with E-state index in [1.807, 2.05) is 11.0 Å². The van der Waals surface area contributed by atoms with Crippen LogP contribution in [0.1, 0.15) is 10.4 Å². The van der Waals surface area contributed by atoms with Crippen LogP contribution in [-0.2, 0) is 0 Å². The summed E-state index contributed by atoms with van der Waals surface area (Å²) >= 11 is 18.3. The number of piperazine rings is 1. The summed E-state index contributed by atoms with van der Waals surface area (Å²) in [6.45, 7) is 2.70. The van der Waals surface area contributed by atoms with Crippen molar-refractivity contribution in [2.24, 2.45) is 0 Å². The second-order valence-corrected chi connectivity index (χ2v) is 6.67. The summed E-state index contributed by atoms with van der Waals surface area (Å²) in [6, 6.07) is 12.5. The van der Waals surface area contributed by atoms with Crippen LogP contribution in [0.3, 0.4) is 0 Å². The number of rotatable bonds is 2. The van der Waals surface area contributed by atoms with E-state index in [1.165, 1.54) is 0 Å². The predicted molar refractivity (Wildman–Crippen MR) is 96.0 cm³/mol. The minimum Gasteiger partial charge on any atom is -0.367 e. The number of benzene rings is 2. The summed E-state index contributed by atoms with van der Waals surface area (Å²) in [6.07, 6.45) is 0. The molecule has 1 heterocycles. The molecule has 23 heavy (non-hydrogen) atoms. The summed E-state index contributed by atoms with van der Waals surface area (Å²) in [5.41, 5.74) is 1.53. The molecule has 1 amide bonds. The van der Waals surface area contributed by atoms with E-state index in [-0.39, 0.29) is 5.91 Å². The summed E-state index contributed by atoms with van der Waals surface area (Å²) < 4.78 is 0. The minimum absolute atomic E-state index is 0.00402. The molecule has 0 atom stereocenters. The van der Waals surface area contributed by atoms with Crippen molar-refractivity contribution in [3.63, 3.8) is 0 Å². The number of hydrogen-bond donors (Lipinski definition) is 0. The Morgan fingerprint density at radius 2 is 1.57 bits per heavy atom. The van der Waals surface area contributed by atoms with Gasteiger partial charge in [-0.1, -0.05) is 40.9 Å². The van der Waals surface area contributed by atoms with Gasteiger partial charge in [0, 0.05) is 41.8 Å². The number of carbonyl (C=O) groups excluding carboxylic acids is 1. The van der Waals surface area contributed by atoms with Gasteiger partial charge in [0.2, 0.25) is 0 Å². The van der Waals surface area contributed by atoms with Gasteiger partial charge < -0.3 is 9.80 Å². The Bertz CT molecular complexity index is 728. The second kappa shape index (κ2) is 7.00. The average Bonchev–Trinajstić information content (AvgIpc) is 2.56. The molecule has 2 aromatic rings. The van der Waals surface area contributed by atoms with E-state index in [0.29, 0.717) is 46.8 Å². The van der Waals surface area contributed by atoms with Gasteiger partial charge in [0.05, 0.1) is 10.7 Å². The Morgan fingerprint density at radius 1 is 0.870 bits per heavy atom. The van der Waals surface area contributed by atoms with Gasteiger partial charge in [0.1, 0.15) is 0 Å². The Balaban J connectivity index is 1.69. The third-order valence-corrected chi connectivity index (χ3v) is 4.68. The van der Waals surface area contributed by atoms with Gasteiger partial charge in [-0.15, -0.1) is 0 Å². The van der Waals surface area contributed by atoms with Crippen molar-refractivity contribution >= 4 is 46.4 Å². The lowest BCUT2D eigenvalue weighted by Gasteiger charge is -2.36. The molecule has 0 bridgehead atoms. The first kappa shape index (κ1) is 16.4. The van der Waals surface area contributed by atoms with Crippen LogP contribution in [0.5, 0.6) is 0 Å². The lowest BCUT2D eigenvalue weighted by molar-refractivity contribution is 0.0747. The van der Waals surface area contributed by atoms with Gasteiger partial charge in [-0.25, -0.2) is 0 Å². The molecule has 1 aliphatic heterocycles. The van der Waals surface area contributed by atoms with Crippen LogP contribution in [0.4, 0.5) is 5.69 Å². The fourth-order valence-electron chi connectivity index (χ4n) is 2.68. The highest BCUT2D eigenvalue weighted by molar-refractivity contribution is 6.35. The smallest absolute Gasteiger partial charge is 0.254 e. The first-order valence-electron chi connectivity index (χ1n) is 7.29. The monoisotopic (exact) mass is 368 g/mol. The fourth-order valence-corrected chi connectivity index (χ4v) is 3.28. The van der Waals surface area contributed by atoms with Gasteiger partial charge in [-0.3, -0.25) is 4.79 Å². The van der Waals surface area contributed by atoms with Crippen molar-refractivity contribution in [1.82, 2.24) is 4.90 Å². The third kappa shape index (κ3) is 3.74. The molecule has 0 spiro atoms. The van der Waals surface area contributed by atoms with Crippen LogP contribution < -0.4 is 4.90 Å². The number of anilines is 1. The molecule has 0 unspecified atom stereocenters. The van der Waals surface area contributed by atoms with E-state index >= 15 is 0 Å². The fraction of sp³-hybridized carbons (Fsp3) is 0.235. The van der Waals surface area contributed by atoms with Crippen molar-refractivity contribution < 1.29 is 4.79 Å². The Kier molecular flexibility index (Phi) is 5.00. The summed E-state index contributed by atoms with van der Waals surface area (Å²) in [7, 11) is 0. The maximum absolute atomic E-state index is 12.5. The first-order chi connectivity index (χ1) is 11.0. The zero-order valence-corrected chi connectivity index (χ0v) is 14.6. The Hall–Kier alpha value is -1.42. The molecule has 6 heteroatoms. The molecule has 0 aliphatic carbocycles. The molecule has 0 N–H and O–H groups in total. The quantitative estimate of drug-likeness (QED) is 0.772. The predicted octanol–water partition coefficient (Wildman–Crippen LogP) is 4.61. The minimum atomic E-state index is 0.00402. The number of carbonyl (C=O) groups is 1. The standard InChI is InChI=1S/C17H15Cl3N2O/c18-13-3-1-2-12(10-13)17(23)22-8-6-21(7-9-22)16-11-14(19)4-5-15(16)20/h1-5,10-11H,6-9H2. The number of nitrogens with zero attached hydrogens (tertiary/aromatic N) is 2. The third-order valence-electron chi connectivity index (χ3n) is 3.89. The lowest BCUT2D eigenvalue weighted by Crippen LogP contribution is -2.48. The average molecular weight is 370 g/mol. The van der Waals surface area contributed by atoms with E-state index in [4.69, 9.17) is 34.8 Å². The van der Waals surface area contributed by atoms with Gasteiger partial charge in [-0.05, 0) is 36.4 Å². The molecule has 1 aliphatic rings. The number of halogens is 3. The second-order valence-electron chi connectivity index (χ2n) is 5.39. The molecular weight excluding hydrogens is 355 g/mol. The zero-order valence-electron chi connectivity index (χ0n) is 12.3. The first-order valence-corrected chi connectivity index (χ1v) is 8.43. The van der Waals surface area contributed by atoms with Crippen molar-refractivity contribution in [3.05, 3.63) is 63.1 Å². The Labute approximate surface area is 150 Å². The lowest BCUT2D eigenvalue weighted by atomic mass is 10.1. The SMILES string of the molecule is O=C(c1cccc(Cl)c1)N1CCN(c2cc(Cl)ccc2Cl)CC1. The van der Waals surface area contributed by atoms with E-state index in [0.717, 1.165) is 5.69 Å². The Morgan fingerprint density at radius 3 is 2.26 bits per heavy atom. The van der Waals surface area contributed by atoms with Crippen LogP contribution in [0.25, 0.3) is 0 Å². The molecule has 0 radical (unpaired) electrons. The summed E-state index contributed by atoms with van der Waals surface area (Å²) in [4.78, 5) is 16.5. The van der Waals surface area contributed by atoms with Crippen LogP contribution in [-0.4, -0.2) is 37.0 Å². The van der Waals surface area contributed by atoms with E-state index < -0.39 is 0 Å². The topological polar surface area (TPSA) is 23.6 Å². The van der Waals surface area contributed by atoms with Crippen LogP contribution in [0.15, 0.2) is 42.5 Å². The molecule has 120 valence electrons. The zero-order chi connectivity index (χ0) is 16.4. The number of hydrogen-bond acceptors (Lipinski definition) is 2. The van der Waals surface area contributed by atoms with Crippen LogP contribution in [0, 0.1) is 0 Å². The molecular formula is C17H15Cl3N2O. The normalized spacial score (nSPS) is 14.9. The summed E-state index contributed by atoms with van der Waals surface area (Å²) in [5, 5.41) is 1.89. The van der Waals surface area contributed by atoms with Gasteiger partial charge in [-0.2, -0.15) is 0 Å². The maximum atomic E-state index is 12.5. The van der Waals surface area contributed by atoms with Crippen LogP contribution in [0.2, 0.25) is 15.1 Å². The van der Waals surface area contributed by atoms with Crippen LogP contribution >= 0.6 is 34.8 Å². The van der Waals surface area contributed by atoms with E-state index in [1.54, 1.807) is 36.4 Å². The largest absolute Gasteiger partial charge is 0.367 e. The molecule has 3 rings (SSSR count). The summed E-state index contributed by atoms with van der Waals surface area (Å²) in [5.74, 6) is 0.00402. The van der Waals surface area contributed by atoms with E-state index in [2.05, 4.69) is 4.90 Å². The van der Waals surface area contributed by atoms with E-state index in [9.17, 15) is 4.79 Å². The van der Waals surface area contributed by atoms with Crippen molar-refractivity contribution in [1.29, 1.82) is 0 Å². The highest BCUT2D eigenvalue weighted by atomic mass is 35.5. The van der Waals surface area contributed by atoms with Gasteiger partial charge >= 0.3 is 0 Å². The van der Waals surface area contributed by atoms with Crippen molar-refractivity contribution in [2.75, 3.05) is 31.1 Å².